The maximum Gasteiger partial charge on any atom is 0.0611 e. The third kappa shape index (κ3) is 3.72. The van der Waals surface area contributed by atoms with Gasteiger partial charge < -0.3 is 20.6 Å². The highest BCUT2D eigenvalue weighted by Crippen LogP contribution is 2.30. The minimum Gasteiger partial charge on any atom is -0.394 e. The summed E-state index contributed by atoms with van der Waals surface area (Å²) in [5.74, 6) is 0. The molecule has 0 bridgehead atoms. The number of nitrogens with zero attached hydrogens (tertiary/aromatic N) is 2. The molecule has 15 heavy (non-hydrogen) atoms. The summed E-state index contributed by atoms with van der Waals surface area (Å²) in [5.41, 5.74) is 5.73. The molecular weight excluding hydrogens is 190 g/mol. The van der Waals surface area contributed by atoms with E-state index in [1.807, 2.05) is 0 Å². The van der Waals surface area contributed by atoms with Crippen molar-refractivity contribution < 1.29 is 5.11 Å². The van der Waals surface area contributed by atoms with Gasteiger partial charge in [0.25, 0.3) is 0 Å². The van der Waals surface area contributed by atoms with Gasteiger partial charge in [-0.15, -0.1) is 0 Å². The van der Waals surface area contributed by atoms with E-state index in [2.05, 4.69) is 30.9 Å². The molecule has 0 heterocycles. The number of hydrogen-bond donors (Lipinski definition) is 2. The summed E-state index contributed by atoms with van der Waals surface area (Å²) in [7, 11) is 6.32. The van der Waals surface area contributed by atoms with Crippen LogP contribution in [0.5, 0.6) is 0 Å². The Morgan fingerprint density at radius 1 is 1.33 bits per heavy atom. The molecule has 2 unspecified atom stereocenters. The highest BCUT2D eigenvalue weighted by atomic mass is 16.3. The fourth-order valence-electron chi connectivity index (χ4n) is 2.19. The van der Waals surface area contributed by atoms with E-state index in [0.717, 1.165) is 32.4 Å². The molecule has 1 fully saturated rings. The molecule has 1 saturated carbocycles. The molecule has 0 aromatic heterocycles. The summed E-state index contributed by atoms with van der Waals surface area (Å²) in [6.45, 7) is 2.26. The summed E-state index contributed by atoms with van der Waals surface area (Å²) in [6.07, 6.45) is 2.98. The third-order valence-electron chi connectivity index (χ3n) is 3.46. The standard InChI is InChI=1S/C11H25N3O/c1-13(2)6-7-14(3)10-4-5-11(12,8-10)9-15/h10,15H,4-9,12H2,1-3H3. The monoisotopic (exact) mass is 215 g/mol. The van der Waals surface area contributed by atoms with E-state index in [1.54, 1.807) is 0 Å². The minimum absolute atomic E-state index is 0.116. The van der Waals surface area contributed by atoms with E-state index < -0.39 is 0 Å². The number of likely N-dealkylation sites (N-methyl/N-ethyl adjacent to an activating group) is 2. The average molecular weight is 215 g/mol. The normalized spacial score (nSPS) is 31.8. The SMILES string of the molecule is CN(C)CCN(C)C1CCC(N)(CO)C1. The Labute approximate surface area is 93.0 Å². The molecule has 4 heteroatoms. The highest BCUT2D eigenvalue weighted by Gasteiger charge is 2.36. The van der Waals surface area contributed by atoms with Crippen molar-refractivity contribution in [1.82, 2.24) is 9.80 Å². The van der Waals surface area contributed by atoms with Gasteiger partial charge in [0.1, 0.15) is 0 Å². The lowest BCUT2D eigenvalue weighted by molar-refractivity contribution is 0.175. The van der Waals surface area contributed by atoms with E-state index in [1.165, 1.54) is 0 Å². The molecule has 0 aliphatic heterocycles. The Morgan fingerprint density at radius 3 is 2.47 bits per heavy atom. The molecule has 0 saturated heterocycles. The maximum atomic E-state index is 9.19. The largest absolute Gasteiger partial charge is 0.394 e. The molecule has 1 aliphatic carbocycles. The maximum absolute atomic E-state index is 9.19. The quantitative estimate of drug-likeness (QED) is 0.662. The molecule has 0 aromatic rings. The lowest BCUT2D eigenvalue weighted by Crippen LogP contribution is -2.43. The van der Waals surface area contributed by atoms with Crippen LogP contribution in [0.15, 0.2) is 0 Å². The van der Waals surface area contributed by atoms with Crippen LogP contribution in [0.2, 0.25) is 0 Å². The van der Waals surface area contributed by atoms with Crippen LogP contribution in [0.25, 0.3) is 0 Å². The lowest BCUT2D eigenvalue weighted by Gasteiger charge is -2.27. The molecule has 1 rings (SSSR count). The summed E-state index contributed by atoms with van der Waals surface area (Å²) in [6, 6.07) is 0.544. The van der Waals surface area contributed by atoms with Crippen LogP contribution in [-0.4, -0.2) is 67.3 Å². The topological polar surface area (TPSA) is 52.7 Å². The van der Waals surface area contributed by atoms with Crippen molar-refractivity contribution in [2.45, 2.75) is 30.8 Å². The van der Waals surface area contributed by atoms with Crippen LogP contribution in [0, 0.1) is 0 Å². The van der Waals surface area contributed by atoms with E-state index in [4.69, 9.17) is 5.73 Å². The second-order valence-corrected chi connectivity index (χ2v) is 5.20. The van der Waals surface area contributed by atoms with Crippen molar-refractivity contribution in [2.24, 2.45) is 5.73 Å². The molecular formula is C11H25N3O. The molecule has 0 amide bonds. The molecule has 4 nitrogen and oxygen atoms in total. The number of rotatable bonds is 5. The van der Waals surface area contributed by atoms with Gasteiger partial charge in [0.05, 0.1) is 6.61 Å². The van der Waals surface area contributed by atoms with E-state index in [-0.39, 0.29) is 12.1 Å². The van der Waals surface area contributed by atoms with Gasteiger partial charge in [0.2, 0.25) is 0 Å². The van der Waals surface area contributed by atoms with Crippen molar-refractivity contribution in [3.8, 4) is 0 Å². The molecule has 0 radical (unpaired) electrons. The lowest BCUT2D eigenvalue weighted by atomic mass is 10.0. The third-order valence-corrected chi connectivity index (χ3v) is 3.46. The van der Waals surface area contributed by atoms with Gasteiger partial charge >= 0.3 is 0 Å². The molecule has 0 spiro atoms. The van der Waals surface area contributed by atoms with Crippen molar-refractivity contribution in [2.75, 3.05) is 40.8 Å². The van der Waals surface area contributed by atoms with Crippen LogP contribution in [-0.2, 0) is 0 Å². The van der Waals surface area contributed by atoms with Gasteiger partial charge in [-0.2, -0.15) is 0 Å². The van der Waals surface area contributed by atoms with Crippen molar-refractivity contribution >= 4 is 0 Å². The van der Waals surface area contributed by atoms with Gasteiger partial charge in [-0.3, -0.25) is 0 Å². The predicted octanol–water partition coefficient (Wildman–Crippen LogP) is -0.278. The highest BCUT2D eigenvalue weighted by molar-refractivity contribution is 4.96. The molecule has 1 aliphatic rings. The first-order chi connectivity index (χ1) is 6.97. The number of aliphatic hydroxyl groups excluding tert-OH is 1. The van der Waals surface area contributed by atoms with Crippen LogP contribution in [0.4, 0.5) is 0 Å². The van der Waals surface area contributed by atoms with Gasteiger partial charge in [0.15, 0.2) is 0 Å². The van der Waals surface area contributed by atoms with Gasteiger partial charge in [-0.25, -0.2) is 0 Å². The van der Waals surface area contributed by atoms with Crippen LogP contribution in [0.1, 0.15) is 19.3 Å². The fourth-order valence-corrected chi connectivity index (χ4v) is 2.19. The summed E-state index contributed by atoms with van der Waals surface area (Å²) in [5, 5.41) is 9.19. The number of nitrogens with two attached hydrogens (primary N) is 1. The zero-order valence-corrected chi connectivity index (χ0v) is 10.2. The zero-order valence-electron chi connectivity index (χ0n) is 10.2. The van der Waals surface area contributed by atoms with E-state index >= 15 is 0 Å². The van der Waals surface area contributed by atoms with Crippen molar-refractivity contribution in [3.63, 3.8) is 0 Å². The van der Waals surface area contributed by atoms with Crippen molar-refractivity contribution in [1.29, 1.82) is 0 Å². The van der Waals surface area contributed by atoms with Gasteiger partial charge in [-0.1, -0.05) is 0 Å². The molecule has 3 N–H and O–H groups in total. The second kappa shape index (κ2) is 5.25. The Bertz CT molecular complexity index is 198. The number of aliphatic hydroxyl groups is 1. The van der Waals surface area contributed by atoms with Gasteiger partial charge in [0, 0.05) is 24.7 Å². The van der Waals surface area contributed by atoms with E-state index in [0.29, 0.717) is 6.04 Å². The van der Waals surface area contributed by atoms with Crippen LogP contribution >= 0.6 is 0 Å². The van der Waals surface area contributed by atoms with Crippen LogP contribution < -0.4 is 5.73 Å². The summed E-state index contributed by atoms with van der Waals surface area (Å²) >= 11 is 0. The summed E-state index contributed by atoms with van der Waals surface area (Å²) < 4.78 is 0. The Morgan fingerprint density at radius 2 is 2.00 bits per heavy atom. The first kappa shape index (κ1) is 12.9. The number of hydrogen-bond acceptors (Lipinski definition) is 4. The first-order valence-electron chi connectivity index (χ1n) is 5.71. The molecule has 0 aromatic carbocycles. The zero-order chi connectivity index (χ0) is 11.5. The Hall–Kier alpha value is -0.160. The first-order valence-corrected chi connectivity index (χ1v) is 5.71. The molecule has 90 valence electrons. The van der Waals surface area contributed by atoms with Gasteiger partial charge in [-0.05, 0) is 40.4 Å². The Balaban J connectivity index is 2.33. The Kier molecular flexibility index (Phi) is 4.52. The fraction of sp³-hybridized carbons (Fsp3) is 1.00. The second-order valence-electron chi connectivity index (χ2n) is 5.20. The average Bonchev–Trinajstić information content (AvgIpc) is 2.58. The molecule has 2 atom stereocenters. The minimum atomic E-state index is -0.322. The van der Waals surface area contributed by atoms with Crippen LogP contribution in [0.3, 0.4) is 0 Å². The smallest absolute Gasteiger partial charge is 0.0611 e. The van der Waals surface area contributed by atoms with E-state index in [9.17, 15) is 5.11 Å². The summed E-state index contributed by atoms with van der Waals surface area (Å²) in [4.78, 5) is 4.55. The van der Waals surface area contributed by atoms with Crippen molar-refractivity contribution in [3.05, 3.63) is 0 Å². The predicted molar refractivity (Wildman–Crippen MR) is 62.8 cm³/mol.